The van der Waals surface area contributed by atoms with Gasteiger partial charge in [-0.2, -0.15) is 0 Å². The van der Waals surface area contributed by atoms with E-state index in [9.17, 15) is 24.3 Å². The van der Waals surface area contributed by atoms with Crippen molar-refractivity contribution in [1.29, 1.82) is 0 Å². The van der Waals surface area contributed by atoms with Gasteiger partial charge in [-0.15, -0.1) is 0 Å². The van der Waals surface area contributed by atoms with Gasteiger partial charge in [-0.1, -0.05) is 109 Å². The Morgan fingerprint density at radius 1 is 0.594 bits per heavy atom. The standard InChI is InChI=1S/2C26H26ClNO4/c1-26(2,3)32-25(31)20-10-8-19(9-11-20)18-6-4-17(5-7-18)14-15-28-24(30)22-16-21(27)12-13-23(22)29;1-2-3-16-32-24-13-12-22(27)17-23(24)25(29)28-15-14-18-4-6-19(7-5-18)20-8-10-21(11-9-20)26(30)31/h4-13,16,29H,14-15H2,1-3H3,(H,28,30);4-13,17H,2-3,14-16H2,1H3,(H,28,29)(H,30,31). The Hall–Kier alpha value is -6.62. The minimum absolute atomic E-state index is 0.103. The number of hydrogen-bond donors (Lipinski definition) is 4. The van der Waals surface area contributed by atoms with Crippen LogP contribution in [0.4, 0.5) is 0 Å². The van der Waals surface area contributed by atoms with Crippen molar-refractivity contribution in [3.63, 3.8) is 0 Å². The number of aromatic hydroxyl groups is 1. The molecule has 0 aliphatic carbocycles. The van der Waals surface area contributed by atoms with Gasteiger partial charge in [0.15, 0.2) is 0 Å². The number of carboxylic acid groups (broad SMARTS) is 1. The first-order valence-electron chi connectivity index (χ1n) is 20.9. The van der Waals surface area contributed by atoms with Gasteiger partial charge in [-0.3, -0.25) is 9.59 Å². The summed E-state index contributed by atoms with van der Waals surface area (Å²) in [4.78, 5) is 48.0. The molecular weight excluding hydrogens is 851 g/mol. The zero-order valence-corrected chi connectivity index (χ0v) is 37.8. The molecule has 6 aromatic rings. The topological polar surface area (TPSA) is 151 Å². The Kier molecular flexibility index (Phi) is 17.5. The largest absolute Gasteiger partial charge is 0.507 e. The van der Waals surface area contributed by atoms with Crippen molar-refractivity contribution in [2.75, 3.05) is 19.7 Å². The highest BCUT2D eigenvalue weighted by atomic mass is 35.5. The molecular formula is C52H52Cl2N2O8. The number of halogens is 2. The SMILES string of the molecule is CC(C)(C)OC(=O)c1ccc(-c2ccc(CCNC(=O)c3cc(Cl)ccc3O)cc2)cc1.CCCCOc1ccc(Cl)cc1C(=O)NCCc1ccc(-c2ccc(C(=O)O)cc2)cc1. The number of aromatic carboxylic acids is 1. The molecule has 64 heavy (non-hydrogen) atoms. The fourth-order valence-electron chi connectivity index (χ4n) is 6.32. The molecule has 0 bridgehead atoms. The van der Waals surface area contributed by atoms with Crippen LogP contribution in [0.15, 0.2) is 133 Å². The van der Waals surface area contributed by atoms with Gasteiger partial charge in [0.05, 0.1) is 28.9 Å². The highest BCUT2D eigenvalue weighted by Gasteiger charge is 2.18. The van der Waals surface area contributed by atoms with Crippen LogP contribution in [0.5, 0.6) is 11.5 Å². The predicted molar refractivity (Wildman–Crippen MR) is 253 cm³/mol. The maximum Gasteiger partial charge on any atom is 0.338 e. The van der Waals surface area contributed by atoms with Crippen molar-refractivity contribution in [3.05, 3.63) is 177 Å². The van der Waals surface area contributed by atoms with Crippen LogP contribution in [-0.2, 0) is 17.6 Å². The summed E-state index contributed by atoms with van der Waals surface area (Å²) < 4.78 is 11.1. The maximum absolute atomic E-state index is 12.7. The summed E-state index contributed by atoms with van der Waals surface area (Å²) in [7, 11) is 0. The lowest BCUT2D eigenvalue weighted by Crippen LogP contribution is -2.26. The first-order chi connectivity index (χ1) is 30.6. The molecule has 12 heteroatoms. The van der Waals surface area contributed by atoms with Crippen molar-refractivity contribution in [1.82, 2.24) is 10.6 Å². The van der Waals surface area contributed by atoms with Gasteiger partial charge in [-0.05, 0) is 134 Å². The third kappa shape index (κ3) is 14.7. The number of hydrogen-bond acceptors (Lipinski definition) is 7. The third-order valence-electron chi connectivity index (χ3n) is 9.77. The fraction of sp³-hybridized carbons (Fsp3) is 0.231. The summed E-state index contributed by atoms with van der Waals surface area (Å²) in [6, 6.07) is 39.5. The molecule has 0 atom stereocenters. The number of unbranched alkanes of at least 4 members (excludes halogenated alkanes) is 1. The molecule has 0 saturated heterocycles. The van der Waals surface area contributed by atoms with Crippen LogP contribution in [-0.4, -0.2) is 59.3 Å². The first-order valence-corrected chi connectivity index (χ1v) is 21.7. The van der Waals surface area contributed by atoms with Crippen LogP contribution in [0.1, 0.15) is 93.1 Å². The van der Waals surface area contributed by atoms with Crippen LogP contribution in [0, 0.1) is 0 Å². The number of benzene rings is 6. The molecule has 332 valence electrons. The van der Waals surface area contributed by atoms with E-state index in [-0.39, 0.29) is 34.7 Å². The molecule has 0 unspecified atom stereocenters. The average molecular weight is 904 g/mol. The van der Waals surface area contributed by atoms with Crippen molar-refractivity contribution in [2.24, 2.45) is 0 Å². The smallest absolute Gasteiger partial charge is 0.338 e. The van der Waals surface area contributed by atoms with Crippen molar-refractivity contribution in [2.45, 2.75) is 59.0 Å². The summed E-state index contributed by atoms with van der Waals surface area (Å²) in [5.74, 6) is -1.42. The van der Waals surface area contributed by atoms with Gasteiger partial charge in [0.2, 0.25) is 0 Å². The van der Waals surface area contributed by atoms with Gasteiger partial charge in [0.25, 0.3) is 11.8 Å². The van der Waals surface area contributed by atoms with Gasteiger partial charge in [0.1, 0.15) is 17.1 Å². The summed E-state index contributed by atoms with van der Waals surface area (Å²) in [5.41, 5.74) is 6.97. The van der Waals surface area contributed by atoms with E-state index < -0.39 is 11.6 Å². The summed E-state index contributed by atoms with van der Waals surface area (Å²) in [6.45, 7) is 9.07. The lowest BCUT2D eigenvalue weighted by atomic mass is 10.0. The van der Waals surface area contributed by atoms with Crippen molar-refractivity contribution < 1.29 is 38.9 Å². The number of esters is 1. The van der Waals surface area contributed by atoms with Gasteiger partial charge in [-0.25, -0.2) is 9.59 Å². The summed E-state index contributed by atoms with van der Waals surface area (Å²) >= 11 is 12.0. The highest BCUT2D eigenvalue weighted by Crippen LogP contribution is 2.26. The van der Waals surface area contributed by atoms with E-state index in [1.54, 1.807) is 54.6 Å². The molecule has 6 aromatic carbocycles. The van der Waals surface area contributed by atoms with E-state index in [0.717, 1.165) is 46.2 Å². The second kappa shape index (κ2) is 23.2. The zero-order valence-electron chi connectivity index (χ0n) is 36.3. The number of phenolic OH excluding ortho intramolecular Hbond substituents is 1. The number of carbonyl (C=O) groups is 4. The van der Waals surface area contributed by atoms with E-state index in [1.807, 2.05) is 81.4 Å². The van der Waals surface area contributed by atoms with Crippen molar-refractivity contribution in [3.8, 4) is 33.8 Å². The quantitative estimate of drug-likeness (QED) is 0.0554. The Morgan fingerprint density at radius 3 is 1.50 bits per heavy atom. The normalized spacial score (nSPS) is 10.8. The molecule has 4 N–H and O–H groups in total. The molecule has 2 amide bonds. The van der Waals surface area contributed by atoms with Crippen LogP contribution in [0.25, 0.3) is 22.3 Å². The highest BCUT2D eigenvalue weighted by molar-refractivity contribution is 6.31. The van der Waals surface area contributed by atoms with E-state index >= 15 is 0 Å². The van der Waals surface area contributed by atoms with E-state index in [1.165, 1.54) is 18.2 Å². The second-order valence-electron chi connectivity index (χ2n) is 15.9. The molecule has 0 heterocycles. The molecule has 0 spiro atoms. The number of carbonyl (C=O) groups excluding carboxylic acids is 3. The van der Waals surface area contributed by atoms with E-state index in [0.29, 0.717) is 59.5 Å². The van der Waals surface area contributed by atoms with Gasteiger partial charge < -0.3 is 30.3 Å². The number of amides is 2. The molecule has 6 rings (SSSR count). The average Bonchev–Trinajstić information content (AvgIpc) is 3.28. The van der Waals surface area contributed by atoms with Gasteiger partial charge in [0, 0.05) is 23.1 Å². The number of ether oxygens (including phenoxy) is 2. The third-order valence-corrected chi connectivity index (χ3v) is 10.2. The summed E-state index contributed by atoms with van der Waals surface area (Å²) in [6.07, 6.45) is 3.26. The van der Waals surface area contributed by atoms with Crippen LogP contribution >= 0.6 is 23.2 Å². The molecule has 0 fully saturated rings. The van der Waals surface area contributed by atoms with E-state index in [2.05, 4.69) is 17.6 Å². The minimum Gasteiger partial charge on any atom is -0.507 e. The number of carboxylic acids is 1. The molecule has 10 nitrogen and oxygen atoms in total. The van der Waals surface area contributed by atoms with Gasteiger partial charge >= 0.3 is 11.9 Å². The predicted octanol–water partition coefficient (Wildman–Crippen LogP) is 11.5. The Balaban J connectivity index is 0.000000241. The Morgan fingerprint density at radius 2 is 1.03 bits per heavy atom. The Bertz CT molecular complexity index is 2520. The Labute approximate surface area is 384 Å². The molecule has 0 aliphatic rings. The second-order valence-corrected chi connectivity index (χ2v) is 16.7. The van der Waals surface area contributed by atoms with E-state index in [4.69, 9.17) is 37.8 Å². The lowest BCUT2D eigenvalue weighted by molar-refractivity contribution is 0.00690. The number of phenols is 1. The molecule has 0 radical (unpaired) electrons. The zero-order chi connectivity index (χ0) is 46.2. The monoisotopic (exact) mass is 902 g/mol. The van der Waals surface area contributed by atoms with Crippen LogP contribution in [0.2, 0.25) is 10.0 Å². The maximum atomic E-state index is 12.7. The minimum atomic E-state index is -0.939. The first kappa shape index (κ1) is 48.4. The fourth-order valence-corrected chi connectivity index (χ4v) is 6.67. The molecule has 0 saturated carbocycles. The summed E-state index contributed by atoms with van der Waals surface area (Å²) in [5, 5.41) is 25.4. The molecule has 0 aliphatic heterocycles. The van der Waals surface area contributed by atoms with Crippen molar-refractivity contribution >= 4 is 47.0 Å². The number of nitrogens with one attached hydrogen (secondary N) is 2. The van der Waals surface area contributed by atoms with Crippen LogP contribution in [0.3, 0.4) is 0 Å². The van der Waals surface area contributed by atoms with Crippen LogP contribution < -0.4 is 15.4 Å². The number of rotatable bonds is 16. The lowest BCUT2D eigenvalue weighted by Gasteiger charge is -2.19. The molecule has 0 aromatic heterocycles.